The predicted molar refractivity (Wildman–Crippen MR) is 88.3 cm³/mol. The van der Waals surface area contributed by atoms with Gasteiger partial charge in [0.1, 0.15) is 0 Å². The van der Waals surface area contributed by atoms with Crippen LogP contribution < -0.4 is 10.6 Å². The number of anilines is 1. The van der Waals surface area contributed by atoms with Crippen LogP contribution in [0.15, 0.2) is 24.3 Å². The second-order valence-corrected chi connectivity index (χ2v) is 6.57. The maximum atomic E-state index is 12.7. The van der Waals surface area contributed by atoms with E-state index >= 15 is 0 Å². The van der Waals surface area contributed by atoms with Crippen LogP contribution in [0.25, 0.3) is 0 Å². The fourth-order valence-electron chi connectivity index (χ4n) is 3.24. The minimum Gasteiger partial charge on any atom is -0.330 e. The standard InChI is InChI=1S/C18H28N2O/c1-14(2)11-15(13-19)12-18(21)20-10-6-5-8-16-7-3-4-9-17(16)20/h3-4,7,9,14-15H,5-6,8,10-13,19H2,1-2H3/t15-/m0/s1. The first-order chi connectivity index (χ1) is 10.1. The molecular weight excluding hydrogens is 260 g/mol. The zero-order valence-electron chi connectivity index (χ0n) is 13.3. The van der Waals surface area contributed by atoms with Gasteiger partial charge in [-0.15, -0.1) is 0 Å². The molecule has 1 aromatic rings. The van der Waals surface area contributed by atoms with E-state index in [1.54, 1.807) is 0 Å². The third-order valence-electron chi connectivity index (χ3n) is 4.26. The molecule has 3 heteroatoms. The van der Waals surface area contributed by atoms with Crippen LogP contribution >= 0.6 is 0 Å². The maximum Gasteiger partial charge on any atom is 0.227 e. The van der Waals surface area contributed by atoms with Crippen LogP contribution in [0.1, 0.15) is 45.1 Å². The summed E-state index contributed by atoms with van der Waals surface area (Å²) >= 11 is 0. The van der Waals surface area contributed by atoms with E-state index in [4.69, 9.17) is 5.73 Å². The van der Waals surface area contributed by atoms with Gasteiger partial charge < -0.3 is 10.6 Å². The van der Waals surface area contributed by atoms with Gasteiger partial charge >= 0.3 is 0 Å². The topological polar surface area (TPSA) is 46.3 Å². The number of benzene rings is 1. The number of rotatable bonds is 5. The Hall–Kier alpha value is -1.35. The van der Waals surface area contributed by atoms with E-state index in [-0.39, 0.29) is 5.91 Å². The van der Waals surface area contributed by atoms with Crippen LogP contribution in [-0.4, -0.2) is 19.0 Å². The molecule has 0 fully saturated rings. The summed E-state index contributed by atoms with van der Waals surface area (Å²) in [6.07, 6.45) is 4.91. The molecule has 1 aliphatic rings. The van der Waals surface area contributed by atoms with Gasteiger partial charge in [0.2, 0.25) is 5.91 Å². The Bertz CT molecular complexity index is 470. The number of carbonyl (C=O) groups is 1. The monoisotopic (exact) mass is 288 g/mol. The predicted octanol–water partition coefficient (Wildman–Crippen LogP) is 3.37. The number of para-hydroxylation sites is 1. The Balaban J connectivity index is 2.11. The highest BCUT2D eigenvalue weighted by molar-refractivity contribution is 5.94. The van der Waals surface area contributed by atoms with E-state index in [1.807, 2.05) is 11.0 Å². The van der Waals surface area contributed by atoms with Crippen molar-refractivity contribution in [2.75, 3.05) is 18.0 Å². The van der Waals surface area contributed by atoms with Gasteiger partial charge in [-0.2, -0.15) is 0 Å². The molecule has 0 unspecified atom stereocenters. The first kappa shape index (κ1) is 16.0. The Morgan fingerprint density at radius 1 is 1.29 bits per heavy atom. The normalized spacial score (nSPS) is 16.5. The van der Waals surface area contributed by atoms with Crippen molar-refractivity contribution >= 4 is 11.6 Å². The lowest BCUT2D eigenvalue weighted by Gasteiger charge is -2.25. The second kappa shape index (κ2) is 7.60. The molecule has 1 aromatic carbocycles. The van der Waals surface area contributed by atoms with Crippen molar-refractivity contribution in [3.8, 4) is 0 Å². The van der Waals surface area contributed by atoms with Crippen molar-refractivity contribution in [2.45, 2.75) is 46.0 Å². The Kier molecular flexibility index (Phi) is 5.80. The fraction of sp³-hybridized carbons (Fsp3) is 0.611. The highest BCUT2D eigenvalue weighted by atomic mass is 16.2. The van der Waals surface area contributed by atoms with Crippen molar-refractivity contribution in [3.63, 3.8) is 0 Å². The number of hydrogen-bond acceptors (Lipinski definition) is 2. The van der Waals surface area contributed by atoms with Crippen LogP contribution in [-0.2, 0) is 11.2 Å². The van der Waals surface area contributed by atoms with Gasteiger partial charge in [0.05, 0.1) is 0 Å². The Labute approximate surface area is 128 Å². The molecule has 1 atom stereocenters. The molecule has 1 heterocycles. The molecule has 116 valence electrons. The smallest absolute Gasteiger partial charge is 0.227 e. The third-order valence-corrected chi connectivity index (χ3v) is 4.26. The quantitative estimate of drug-likeness (QED) is 0.903. The van der Waals surface area contributed by atoms with Gasteiger partial charge in [-0.05, 0) is 55.7 Å². The lowest BCUT2D eigenvalue weighted by atomic mass is 9.93. The molecular formula is C18H28N2O. The molecule has 3 nitrogen and oxygen atoms in total. The summed E-state index contributed by atoms with van der Waals surface area (Å²) < 4.78 is 0. The van der Waals surface area contributed by atoms with Gasteiger partial charge in [0.15, 0.2) is 0 Å². The molecule has 0 saturated carbocycles. The van der Waals surface area contributed by atoms with Gasteiger partial charge in [-0.3, -0.25) is 4.79 Å². The fourth-order valence-corrected chi connectivity index (χ4v) is 3.24. The van der Waals surface area contributed by atoms with Crippen molar-refractivity contribution in [1.29, 1.82) is 0 Å². The zero-order valence-corrected chi connectivity index (χ0v) is 13.3. The Morgan fingerprint density at radius 2 is 2.05 bits per heavy atom. The second-order valence-electron chi connectivity index (χ2n) is 6.57. The summed E-state index contributed by atoms with van der Waals surface area (Å²) in [7, 11) is 0. The molecule has 1 amide bonds. The van der Waals surface area contributed by atoms with E-state index in [0.29, 0.717) is 24.8 Å². The van der Waals surface area contributed by atoms with Crippen LogP contribution in [0.3, 0.4) is 0 Å². The number of amides is 1. The number of nitrogens with zero attached hydrogens (tertiary/aromatic N) is 1. The highest BCUT2D eigenvalue weighted by Crippen LogP contribution is 2.27. The van der Waals surface area contributed by atoms with Gasteiger partial charge in [-0.1, -0.05) is 32.0 Å². The number of fused-ring (bicyclic) bond motifs is 1. The van der Waals surface area contributed by atoms with Crippen LogP contribution in [0.5, 0.6) is 0 Å². The Morgan fingerprint density at radius 3 is 2.76 bits per heavy atom. The molecule has 0 radical (unpaired) electrons. The largest absolute Gasteiger partial charge is 0.330 e. The molecule has 0 spiro atoms. The van der Waals surface area contributed by atoms with Gasteiger partial charge in [-0.25, -0.2) is 0 Å². The molecule has 0 aromatic heterocycles. The third kappa shape index (κ3) is 4.31. The first-order valence-electron chi connectivity index (χ1n) is 8.20. The number of nitrogens with two attached hydrogens (primary N) is 1. The SMILES string of the molecule is CC(C)C[C@H](CN)CC(=O)N1CCCCc2ccccc21. The van der Waals surface area contributed by atoms with E-state index < -0.39 is 0 Å². The molecule has 0 bridgehead atoms. The van der Waals surface area contributed by atoms with Gasteiger partial charge in [0, 0.05) is 18.7 Å². The van der Waals surface area contributed by atoms with Gasteiger partial charge in [0.25, 0.3) is 0 Å². The van der Waals surface area contributed by atoms with Crippen molar-refractivity contribution in [2.24, 2.45) is 17.6 Å². The number of aryl methyl sites for hydroxylation is 1. The molecule has 0 aliphatic carbocycles. The first-order valence-corrected chi connectivity index (χ1v) is 8.20. The van der Waals surface area contributed by atoms with E-state index in [0.717, 1.165) is 37.9 Å². The summed E-state index contributed by atoms with van der Waals surface area (Å²) in [5.74, 6) is 1.12. The van der Waals surface area contributed by atoms with E-state index in [9.17, 15) is 4.79 Å². The minimum absolute atomic E-state index is 0.237. The maximum absolute atomic E-state index is 12.7. The summed E-state index contributed by atoms with van der Waals surface area (Å²) in [4.78, 5) is 14.7. The summed E-state index contributed by atoms with van der Waals surface area (Å²) in [5.41, 5.74) is 8.27. The van der Waals surface area contributed by atoms with Crippen molar-refractivity contribution in [3.05, 3.63) is 29.8 Å². The average Bonchev–Trinajstić information content (AvgIpc) is 2.68. The molecule has 2 N–H and O–H groups in total. The summed E-state index contributed by atoms with van der Waals surface area (Å²) in [5, 5.41) is 0. The van der Waals surface area contributed by atoms with Crippen LogP contribution in [0.2, 0.25) is 0 Å². The molecule has 1 aliphatic heterocycles. The summed E-state index contributed by atoms with van der Waals surface area (Å²) in [6.45, 7) is 5.82. The summed E-state index contributed by atoms with van der Waals surface area (Å²) in [6, 6.07) is 8.32. The van der Waals surface area contributed by atoms with Crippen molar-refractivity contribution in [1.82, 2.24) is 0 Å². The average molecular weight is 288 g/mol. The zero-order chi connectivity index (χ0) is 15.2. The lowest BCUT2D eigenvalue weighted by Crippen LogP contribution is -2.34. The van der Waals surface area contributed by atoms with Crippen LogP contribution in [0.4, 0.5) is 5.69 Å². The minimum atomic E-state index is 0.237. The van der Waals surface area contributed by atoms with Crippen LogP contribution in [0, 0.1) is 11.8 Å². The molecule has 21 heavy (non-hydrogen) atoms. The number of carbonyl (C=O) groups excluding carboxylic acids is 1. The van der Waals surface area contributed by atoms with Crippen molar-refractivity contribution < 1.29 is 4.79 Å². The molecule has 2 rings (SSSR count). The number of hydrogen-bond donors (Lipinski definition) is 1. The van der Waals surface area contributed by atoms with E-state index in [2.05, 4.69) is 32.0 Å². The van der Waals surface area contributed by atoms with E-state index in [1.165, 1.54) is 5.56 Å². The lowest BCUT2D eigenvalue weighted by molar-refractivity contribution is -0.119. The molecule has 0 saturated heterocycles. The highest BCUT2D eigenvalue weighted by Gasteiger charge is 2.23.